The van der Waals surface area contributed by atoms with Gasteiger partial charge in [-0.05, 0) is 81.7 Å². The molecule has 52 heavy (non-hydrogen) atoms. The van der Waals surface area contributed by atoms with E-state index in [0.29, 0.717) is 19.3 Å². The lowest BCUT2D eigenvalue weighted by molar-refractivity contribution is -0.345. The second-order valence-electron chi connectivity index (χ2n) is 17.7. The van der Waals surface area contributed by atoms with E-state index in [9.17, 15) is 20.1 Å². The zero-order valence-corrected chi connectivity index (χ0v) is 34.0. The number of aliphatic hydroxyl groups is 3. The molecule has 0 aliphatic carbocycles. The zero-order chi connectivity index (χ0) is 38.9. The molecule has 5 aliphatic heterocycles. The highest BCUT2D eigenvalue weighted by Gasteiger charge is 2.71. The molecule has 0 amide bonds. The third-order valence-electron chi connectivity index (χ3n) is 13.6. The Balaban J connectivity index is 1.61. The standard InChI is InChI=1S/C39H69NO12/c1-15-27-38(12)31(42)24(8)39(52-38)20(4)17-37(11,51-39)33(50-35-29(41)26(16-21(5)46-35)40(13)19(2)3)22(6)30(23(7)34(44)48-27)49-28-18-36(10,45-14)32(43)25(9)47-28/h19-33,35,41-43H,15-18H2,1-14H3/t20?,21-,22+,23-,24-,25+,26+,27-,28+,29-,30+,31-,32+,33-,35+,36-,37-,38-,39?/m1/s1. The third-order valence-corrected chi connectivity index (χ3v) is 13.6. The Hall–Kier alpha value is -0.970. The minimum Gasteiger partial charge on any atom is -0.459 e. The second-order valence-corrected chi connectivity index (χ2v) is 17.7. The van der Waals surface area contributed by atoms with Gasteiger partial charge in [0.25, 0.3) is 0 Å². The first-order valence-corrected chi connectivity index (χ1v) is 19.6. The van der Waals surface area contributed by atoms with Crippen LogP contribution in [0.15, 0.2) is 0 Å². The van der Waals surface area contributed by atoms with Crippen molar-refractivity contribution < 1.29 is 58.0 Å². The first kappa shape index (κ1) is 42.2. The molecule has 5 saturated heterocycles. The average Bonchev–Trinajstić information content (AvgIpc) is 3.46. The molecule has 0 aromatic heterocycles. The number of hydrogen-bond donors (Lipinski definition) is 3. The number of rotatable bonds is 8. The number of carbonyl (C=O) groups is 1. The van der Waals surface area contributed by atoms with Crippen LogP contribution >= 0.6 is 0 Å². The number of nitrogens with zero attached hydrogens (tertiary/aromatic N) is 1. The SMILES string of the molecule is CC[C@H]1OC(=O)[C@H](C)[C@@H](O[C@H]2C[C@@](C)(OC)[C@@H](O)[C@H](C)O2)[C@H](C)[C@@H](O[C@@H]2O[C@H](C)C[C@H](N(C)C(C)C)[C@H]2O)[C@@]2(C)CC(C)C3(O[C@@]1(C)[C@H](O)[C@H]3C)O2. The highest BCUT2D eigenvalue weighted by Crippen LogP contribution is 2.59. The average molecular weight is 744 g/mol. The van der Waals surface area contributed by atoms with Gasteiger partial charge in [0, 0.05) is 43.4 Å². The number of cyclic esters (lactones) is 1. The van der Waals surface area contributed by atoms with E-state index >= 15 is 0 Å². The van der Waals surface area contributed by atoms with Crippen molar-refractivity contribution in [1.29, 1.82) is 0 Å². The molecule has 19 atom stereocenters. The van der Waals surface area contributed by atoms with Gasteiger partial charge >= 0.3 is 5.97 Å². The number of likely N-dealkylation sites (N-methyl/N-ethyl adjacent to an activating group) is 1. The van der Waals surface area contributed by atoms with Crippen molar-refractivity contribution in [3.63, 3.8) is 0 Å². The van der Waals surface area contributed by atoms with Crippen LogP contribution in [0.1, 0.15) is 109 Å². The fourth-order valence-electron chi connectivity index (χ4n) is 10.1. The quantitative estimate of drug-likeness (QED) is 0.310. The lowest BCUT2D eigenvalue weighted by Crippen LogP contribution is -2.61. The van der Waals surface area contributed by atoms with E-state index in [1.807, 2.05) is 48.6 Å². The summed E-state index contributed by atoms with van der Waals surface area (Å²) in [4.78, 5) is 16.5. The molecule has 302 valence electrons. The van der Waals surface area contributed by atoms with Gasteiger partial charge in [0.2, 0.25) is 0 Å². The maximum absolute atomic E-state index is 14.3. The fourth-order valence-corrected chi connectivity index (χ4v) is 10.1. The summed E-state index contributed by atoms with van der Waals surface area (Å²) in [5, 5.41) is 34.7. The third kappa shape index (κ3) is 7.12. The van der Waals surface area contributed by atoms with Crippen LogP contribution in [0.25, 0.3) is 0 Å². The number of aliphatic hydroxyl groups excluding tert-OH is 3. The number of esters is 1. The first-order valence-electron chi connectivity index (χ1n) is 19.6. The number of carbonyl (C=O) groups excluding carboxylic acids is 1. The molecule has 2 unspecified atom stereocenters. The maximum atomic E-state index is 14.3. The van der Waals surface area contributed by atoms with Gasteiger partial charge in [0.1, 0.15) is 23.9 Å². The Bertz CT molecular complexity index is 1260. The summed E-state index contributed by atoms with van der Waals surface area (Å²) in [5.74, 6) is -3.83. The Morgan fingerprint density at radius 2 is 1.60 bits per heavy atom. The van der Waals surface area contributed by atoms with E-state index in [1.54, 1.807) is 27.9 Å². The number of fused-ring (bicyclic) bond motifs is 2. The van der Waals surface area contributed by atoms with Crippen LogP contribution in [-0.4, -0.2) is 136 Å². The molecular weight excluding hydrogens is 674 g/mol. The molecule has 5 rings (SSSR count). The van der Waals surface area contributed by atoms with Gasteiger partial charge in [-0.2, -0.15) is 0 Å². The van der Waals surface area contributed by atoms with Crippen molar-refractivity contribution in [2.45, 2.75) is 205 Å². The van der Waals surface area contributed by atoms with Crippen LogP contribution in [0.2, 0.25) is 0 Å². The summed E-state index contributed by atoms with van der Waals surface area (Å²) >= 11 is 0. The van der Waals surface area contributed by atoms with Crippen molar-refractivity contribution in [1.82, 2.24) is 4.90 Å². The molecule has 13 heteroatoms. The molecule has 5 aliphatic rings. The summed E-state index contributed by atoms with van der Waals surface area (Å²) in [5.41, 5.74) is -3.27. The number of hydrogen-bond acceptors (Lipinski definition) is 13. The molecular formula is C39H69NO12. The molecule has 0 aromatic carbocycles. The van der Waals surface area contributed by atoms with Gasteiger partial charge in [-0.1, -0.05) is 27.7 Å². The van der Waals surface area contributed by atoms with Crippen molar-refractivity contribution in [2.75, 3.05) is 14.2 Å². The van der Waals surface area contributed by atoms with Gasteiger partial charge in [0.05, 0.1) is 47.6 Å². The van der Waals surface area contributed by atoms with Crippen LogP contribution in [0.5, 0.6) is 0 Å². The van der Waals surface area contributed by atoms with E-state index in [1.165, 1.54) is 0 Å². The van der Waals surface area contributed by atoms with Gasteiger partial charge in [-0.25, -0.2) is 0 Å². The van der Waals surface area contributed by atoms with E-state index in [-0.39, 0.29) is 30.5 Å². The Labute approximate surface area is 311 Å². The van der Waals surface area contributed by atoms with Crippen LogP contribution in [0.4, 0.5) is 0 Å². The molecule has 0 saturated carbocycles. The van der Waals surface area contributed by atoms with Crippen LogP contribution in [0.3, 0.4) is 0 Å². The van der Waals surface area contributed by atoms with E-state index < -0.39 is 102 Å². The van der Waals surface area contributed by atoms with Crippen molar-refractivity contribution in [3.8, 4) is 0 Å². The van der Waals surface area contributed by atoms with Gasteiger partial charge in [0.15, 0.2) is 18.4 Å². The number of methoxy groups -OCH3 is 1. The second kappa shape index (κ2) is 15.2. The molecule has 5 fully saturated rings. The highest BCUT2D eigenvalue weighted by atomic mass is 16.8. The highest BCUT2D eigenvalue weighted by molar-refractivity contribution is 5.73. The van der Waals surface area contributed by atoms with E-state index in [2.05, 4.69) is 25.7 Å². The van der Waals surface area contributed by atoms with Gasteiger partial charge < -0.3 is 53.2 Å². The van der Waals surface area contributed by atoms with Crippen molar-refractivity contribution >= 4 is 5.97 Å². The molecule has 3 bridgehead atoms. The Kier molecular flexibility index (Phi) is 12.3. The van der Waals surface area contributed by atoms with Crippen LogP contribution < -0.4 is 0 Å². The molecule has 0 aromatic rings. The predicted octanol–water partition coefficient (Wildman–Crippen LogP) is 3.77. The Morgan fingerprint density at radius 3 is 2.19 bits per heavy atom. The topological polar surface area (TPSA) is 155 Å². The Morgan fingerprint density at radius 1 is 0.942 bits per heavy atom. The predicted molar refractivity (Wildman–Crippen MR) is 191 cm³/mol. The minimum absolute atomic E-state index is 0.176. The minimum atomic E-state index is -1.26. The summed E-state index contributed by atoms with van der Waals surface area (Å²) in [6.07, 6.45) is -6.29. The molecule has 1 spiro atoms. The van der Waals surface area contributed by atoms with Crippen molar-refractivity contribution in [2.24, 2.45) is 23.7 Å². The lowest BCUT2D eigenvalue weighted by Gasteiger charge is -2.49. The summed E-state index contributed by atoms with van der Waals surface area (Å²) < 4.78 is 52.6. The normalized spacial score (nSPS) is 53.1. The molecule has 5 heterocycles. The summed E-state index contributed by atoms with van der Waals surface area (Å²) in [7, 11) is 3.55. The summed E-state index contributed by atoms with van der Waals surface area (Å²) in [6, 6.07) is -0.0520. The monoisotopic (exact) mass is 743 g/mol. The largest absolute Gasteiger partial charge is 0.459 e. The zero-order valence-electron chi connectivity index (χ0n) is 34.0. The summed E-state index contributed by atoms with van der Waals surface area (Å²) in [6.45, 7) is 23.1. The van der Waals surface area contributed by atoms with E-state index in [4.69, 9.17) is 37.9 Å². The van der Waals surface area contributed by atoms with Crippen molar-refractivity contribution in [3.05, 3.63) is 0 Å². The van der Waals surface area contributed by atoms with E-state index in [0.717, 1.165) is 0 Å². The maximum Gasteiger partial charge on any atom is 0.311 e. The lowest BCUT2D eigenvalue weighted by atomic mass is 9.77. The number of ether oxygens (including phenoxy) is 8. The molecule has 13 nitrogen and oxygen atoms in total. The smallest absolute Gasteiger partial charge is 0.311 e. The molecule has 0 radical (unpaired) electrons. The van der Waals surface area contributed by atoms with Gasteiger partial charge in [-0.3, -0.25) is 9.69 Å². The van der Waals surface area contributed by atoms with Crippen LogP contribution in [0, 0.1) is 23.7 Å². The molecule has 3 N–H and O–H groups in total. The van der Waals surface area contributed by atoms with Gasteiger partial charge in [-0.15, -0.1) is 0 Å². The fraction of sp³-hybridized carbons (Fsp3) is 0.974. The van der Waals surface area contributed by atoms with Crippen LogP contribution in [-0.2, 0) is 42.7 Å². The first-order chi connectivity index (χ1) is 24.1.